The van der Waals surface area contributed by atoms with Crippen molar-refractivity contribution < 1.29 is 141 Å². The molecule has 3 aliphatic heterocycles. The van der Waals surface area contributed by atoms with E-state index in [1.807, 2.05) is 12.3 Å². The molecule has 5 nitrogen and oxygen atoms in total. The average molecular weight is 534 g/mol. The Hall–Kier alpha value is 1.95. The van der Waals surface area contributed by atoms with Crippen LogP contribution < -0.4 is 131 Å². The molecule has 0 radical (unpaired) electrons. The number of nitrogens with zero attached hydrogens (tertiary/aromatic N) is 2. The number of carbonyl (C=O) groups is 1. The van der Waals surface area contributed by atoms with Crippen LogP contribution in [-0.4, -0.2) is 46.7 Å². The third-order valence-electron chi connectivity index (χ3n) is 5.19. The molecule has 1 aromatic carbocycles. The summed E-state index contributed by atoms with van der Waals surface area (Å²) in [7, 11) is 0. The van der Waals surface area contributed by atoms with Crippen molar-refractivity contribution in [3.8, 4) is 16.3 Å². The molecule has 2 aromatic rings. The number of aryl methyl sites for hydroxylation is 1. The molecule has 0 aliphatic carbocycles. The van der Waals surface area contributed by atoms with E-state index in [2.05, 4.69) is 16.8 Å². The number of aromatic nitrogens is 1. The predicted octanol–water partition coefficient (Wildman–Crippen LogP) is -14.4. The third-order valence-corrected chi connectivity index (χ3v) is 6.38. The maximum absolute atomic E-state index is 11.5. The zero-order valence-electron chi connectivity index (χ0n) is 18.4. The second kappa shape index (κ2) is 17.4. The van der Waals surface area contributed by atoms with Gasteiger partial charge in [0.1, 0.15) is 16.9 Å². The first-order chi connectivity index (χ1) is 12.1. The second-order valence-corrected chi connectivity index (χ2v) is 7.95. The summed E-state index contributed by atoms with van der Waals surface area (Å²) in [6.45, 7) is 5.34. The molecule has 31 heavy (non-hydrogen) atoms. The molecule has 12 heteroatoms. The van der Waals surface area contributed by atoms with Gasteiger partial charge in [-0.3, -0.25) is 4.90 Å². The fourth-order valence-corrected chi connectivity index (χ4v) is 4.58. The zero-order chi connectivity index (χ0) is 17.4. The van der Waals surface area contributed by atoms with E-state index in [0.717, 1.165) is 36.6 Å². The fraction of sp³-hybridized carbons (Fsp3) is 0.474. The molecule has 5 rings (SSSR count). The first kappa shape index (κ1) is 37.5. The van der Waals surface area contributed by atoms with E-state index in [1.54, 1.807) is 23.5 Å². The molecule has 1 aromatic heterocycles. The molecular weight excluding hydrogens is 512 g/mol. The predicted molar refractivity (Wildman–Crippen MR) is 97.5 cm³/mol. The van der Waals surface area contributed by atoms with E-state index >= 15 is 0 Å². The van der Waals surface area contributed by atoms with Crippen LogP contribution in [0, 0.1) is 5.92 Å². The summed E-state index contributed by atoms with van der Waals surface area (Å²) in [5.41, 5.74) is 1.07. The Kier molecular flexibility index (Phi) is 21.0. The van der Waals surface area contributed by atoms with Crippen LogP contribution in [0.5, 0.6) is 5.75 Å². The minimum atomic E-state index is -0.937. The monoisotopic (exact) mass is 532 g/mol. The number of carboxylic acids is 1. The van der Waals surface area contributed by atoms with Gasteiger partial charge in [-0.25, -0.2) is 9.78 Å². The first-order valence-electron chi connectivity index (χ1n) is 8.85. The topological polar surface area (TPSA) is 62.7 Å². The standard InChI is InChI=1S/C19H22N2O3S.3ClH.3Na/c1-2-16-10-20-18(25-16)13-7-14(19(22)23)9-15(8-13)24-17-11-21-5-3-12(17)4-6-21;;;;;;/h7-10,12,17H,2-6,11H2,1H3,(H,22,23);3*1H;;;/q;;;;3*+1/p-3/t17-;;;;;;/m1....../s1. The summed E-state index contributed by atoms with van der Waals surface area (Å²) < 4.78 is 6.25. The molecule has 3 aliphatic rings. The van der Waals surface area contributed by atoms with Crippen LogP contribution in [0.1, 0.15) is 35.0 Å². The van der Waals surface area contributed by atoms with Crippen molar-refractivity contribution in [2.45, 2.75) is 32.3 Å². The van der Waals surface area contributed by atoms with E-state index in [0.29, 0.717) is 11.7 Å². The average Bonchev–Trinajstić information content (AvgIpc) is 3.12. The van der Waals surface area contributed by atoms with Crippen LogP contribution in [0.4, 0.5) is 0 Å². The summed E-state index contributed by atoms with van der Waals surface area (Å²) in [6, 6.07) is 5.25. The van der Waals surface area contributed by atoms with E-state index in [1.165, 1.54) is 17.7 Å². The Bertz CT molecular complexity index is 809. The molecule has 0 unspecified atom stereocenters. The van der Waals surface area contributed by atoms with Crippen LogP contribution >= 0.6 is 11.3 Å². The van der Waals surface area contributed by atoms with Crippen LogP contribution in [0.3, 0.4) is 0 Å². The third kappa shape index (κ3) is 9.49. The second-order valence-electron chi connectivity index (χ2n) is 6.83. The summed E-state index contributed by atoms with van der Waals surface area (Å²) in [4.78, 5) is 19.6. The number of benzene rings is 1. The maximum Gasteiger partial charge on any atom is 1.00 e. The maximum atomic E-state index is 11.5. The summed E-state index contributed by atoms with van der Waals surface area (Å²) in [5, 5.41) is 10.3. The van der Waals surface area contributed by atoms with Gasteiger partial charge in [0.05, 0.1) is 5.56 Å². The Morgan fingerprint density at radius 2 is 1.81 bits per heavy atom. The van der Waals surface area contributed by atoms with Gasteiger partial charge < -0.3 is 47.1 Å². The molecule has 1 N–H and O–H groups in total. The zero-order valence-corrected chi connectivity index (χ0v) is 27.5. The van der Waals surface area contributed by atoms with Crippen molar-refractivity contribution in [3.05, 3.63) is 34.8 Å². The molecule has 156 valence electrons. The van der Waals surface area contributed by atoms with E-state index in [4.69, 9.17) is 4.74 Å². The number of thiazole rings is 1. The Balaban J connectivity index is -0.00000131. The molecule has 4 heterocycles. The van der Waals surface area contributed by atoms with Crippen molar-refractivity contribution in [2.24, 2.45) is 5.92 Å². The van der Waals surface area contributed by atoms with Crippen LogP contribution in [0.25, 0.3) is 10.6 Å². The van der Waals surface area contributed by atoms with Gasteiger partial charge in [-0.15, -0.1) is 11.3 Å². The quantitative estimate of drug-likeness (QED) is 0.387. The molecule has 1 atom stereocenters. The molecule has 0 spiro atoms. The largest absolute Gasteiger partial charge is 1.00 e. The summed E-state index contributed by atoms with van der Waals surface area (Å²) >= 11 is 1.61. The van der Waals surface area contributed by atoms with E-state index < -0.39 is 5.97 Å². The number of halogens is 3. The molecule has 3 saturated heterocycles. The van der Waals surface area contributed by atoms with Crippen molar-refractivity contribution in [1.29, 1.82) is 0 Å². The van der Waals surface area contributed by atoms with E-state index in [9.17, 15) is 9.90 Å². The number of ether oxygens (including phenoxy) is 1. The Morgan fingerprint density at radius 1 is 1.16 bits per heavy atom. The first-order valence-corrected chi connectivity index (χ1v) is 9.66. The van der Waals surface area contributed by atoms with Crippen LogP contribution in [-0.2, 0) is 6.42 Å². The smallest absolute Gasteiger partial charge is 1.00 e. The van der Waals surface area contributed by atoms with Gasteiger partial charge in [0.2, 0.25) is 0 Å². The molecule has 0 saturated carbocycles. The van der Waals surface area contributed by atoms with Gasteiger partial charge in [0.25, 0.3) is 0 Å². The Labute approximate surface area is 273 Å². The number of carboxylic acid groups (broad SMARTS) is 1. The normalized spacial score (nSPS) is 20.2. The molecular formula is C19H22Cl3N2Na3O3S. The SMILES string of the molecule is CCc1cnc(-c2cc(O[C@@H]3CN4CCC3CC4)cc(C(=O)O)c2)s1.[Cl-].[Cl-].[Cl-].[Na+].[Na+].[Na+]. The van der Waals surface area contributed by atoms with Crippen molar-refractivity contribution in [2.75, 3.05) is 19.6 Å². The number of rotatable bonds is 5. The Morgan fingerprint density at radius 3 is 2.29 bits per heavy atom. The van der Waals surface area contributed by atoms with Gasteiger partial charge in [-0.2, -0.15) is 0 Å². The van der Waals surface area contributed by atoms with Gasteiger partial charge >= 0.3 is 94.6 Å². The van der Waals surface area contributed by atoms with Gasteiger partial charge in [-0.1, -0.05) is 6.92 Å². The number of hydrogen-bond donors (Lipinski definition) is 1. The summed E-state index contributed by atoms with van der Waals surface area (Å²) in [5.74, 6) is 0.281. The van der Waals surface area contributed by atoms with Crippen molar-refractivity contribution in [3.63, 3.8) is 0 Å². The fourth-order valence-electron chi connectivity index (χ4n) is 3.74. The molecule has 3 fully saturated rings. The van der Waals surface area contributed by atoms with Crippen molar-refractivity contribution in [1.82, 2.24) is 9.88 Å². The van der Waals surface area contributed by atoms with E-state index in [-0.39, 0.29) is 138 Å². The number of piperidine rings is 3. The minimum Gasteiger partial charge on any atom is -1.00 e. The number of aromatic carboxylic acids is 1. The molecule has 0 amide bonds. The van der Waals surface area contributed by atoms with Crippen LogP contribution in [0.15, 0.2) is 24.4 Å². The number of hydrogen-bond acceptors (Lipinski definition) is 5. The van der Waals surface area contributed by atoms with Crippen molar-refractivity contribution >= 4 is 17.3 Å². The summed E-state index contributed by atoms with van der Waals surface area (Å²) in [6.07, 6.45) is 5.29. The van der Waals surface area contributed by atoms with Gasteiger partial charge in [0, 0.05) is 23.2 Å². The molecule has 2 bridgehead atoms. The van der Waals surface area contributed by atoms with Gasteiger partial charge in [0.15, 0.2) is 0 Å². The van der Waals surface area contributed by atoms with Crippen LogP contribution in [0.2, 0.25) is 0 Å². The minimum absolute atomic E-state index is 0. The number of fused-ring (bicyclic) bond motifs is 3. The van der Waals surface area contributed by atoms with Gasteiger partial charge in [-0.05, 0) is 56.5 Å².